The van der Waals surface area contributed by atoms with Crippen LogP contribution in [0, 0.1) is 23.3 Å². The summed E-state index contributed by atoms with van der Waals surface area (Å²) in [7, 11) is 0.0308. The Morgan fingerprint density at radius 2 is 2.10 bits per heavy atom. The lowest BCUT2D eigenvalue weighted by Crippen LogP contribution is -2.26. The summed E-state index contributed by atoms with van der Waals surface area (Å²) in [4.78, 5) is 11.9. The molecular weight excluding hydrogens is 268 g/mol. The van der Waals surface area contributed by atoms with Crippen LogP contribution >= 0.6 is 0 Å². The van der Waals surface area contributed by atoms with Gasteiger partial charge in [0.2, 0.25) is 0 Å². The molecule has 0 aliphatic heterocycles. The zero-order chi connectivity index (χ0) is 15.3. The number of carbonyl (C=O) groups excluding carboxylic acids is 1. The number of rotatable bonds is 3. The van der Waals surface area contributed by atoms with Crippen LogP contribution in [-0.4, -0.2) is 26.3 Å². The first kappa shape index (κ1) is 16.8. The number of hydrogen-bond acceptors (Lipinski definition) is 3. The van der Waals surface area contributed by atoms with Crippen molar-refractivity contribution in [2.24, 2.45) is 11.8 Å². The summed E-state index contributed by atoms with van der Waals surface area (Å²) in [5.41, 5.74) is 3.81. The minimum Gasteiger partial charge on any atom is -0.512 e. The highest BCUT2D eigenvalue weighted by molar-refractivity contribution is 6.83. The Morgan fingerprint density at radius 3 is 2.65 bits per heavy atom. The third-order valence-electron chi connectivity index (χ3n) is 3.65. The standard InChI is InChI=1S/C16H26O3Si/c1-12-9-10-14(17)15(16(18)19-2)13(12)8-6-7-11-20(3,4)5/h12-13,17H,6,8-10H2,1-5H3/t12-,13?/m0/s1. The first-order valence-electron chi connectivity index (χ1n) is 7.26. The van der Waals surface area contributed by atoms with Gasteiger partial charge in [0.25, 0.3) is 0 Å². The van der Waals surface area contributed by atoms with Gasteiger partial charge in [-0.3, -0.25) is 0 Å². The van der Waals surface area contributed by atoms with Crippen LogP contribution < -0.4 is 0 Å². The molecule has 0 aromatic rings. The molecule has 0 fully saturated rings. The Morgan fingerprint density at radius 1 is 1.45 bits per heavy atom. The molecule has 0 saturated heterocycles. The van der Waals surface area contributed by atoms with E-state index in [4.69, 9.17) is 4.74 Å². The van der Waals surface area contributed by atoms with Gasteiger partial charge in [-0.1, -0.05) is 26.6 Å². The Kier molecular flexibility index (Phi) is 5.88. The molecule has 0 radical (unpaired) electrons. The van der Waals surface area contributed by atoms with Gasteiger partial charge in [-0.15, -0.1) is 11.5 Å². The zero-order valence-electron chi connectivity index (χ0n) is 13.2. The van der Waals surface area contributed by atoms with Crippen LogP contribution in [0.25, 0.3) is 0 Å². The highest BCUT2D eigenvalue weighted by Crippen LogP contribution is 2.37. The van der Waals surface area contributed by atoms with Crippen LogP contribution in [-0.2, 0) is 9.53 Å². The second-order valence-corrected chi connectivity index (χ2v) is 11.3. The highest BCUT2D eigenvalue weighted by atomic mass is 28.3. The number of ether oxygens (including phenoxy) is 1. The van der Waals surface area contributed by atoms with Crippen LogP contribution in [0.2, 0.25) is 19.6 Å². The number of aliphatic hydroxyl groups is 1. The molecule has 0 spiro atoms. The number of carbonyl (C=O) groups is 1. The smallest absolute Gasteiger partial charge is 0.337 e. The molecule has 1 unspecified atom stereocenters. The maximum absolute atomic E-state index is 11.9. The Labute approximate surface area is 123 Å². The summed E-state index contributed by atoms with van der Waals surface area (Å²) < 4.78 is 4.81. The molecule has 1 N–H and O–H groups in total. The van der Waals surface area contributed by atoms with Crippen molar-refractivity contribution in [3.63, 3.8) is 0 Å². The van der Waals surface area contributed by atoms with Gasteiger partial charge < -0.3 is 9.84 Å². The van der Waals surface area contributed by atoms with E-state index in [0.717, 1.165) is 19.3 Å². The molecule has 20 heavy (non-hydrogen) atoms. The third-order valence-corrected chi connectivity index (χ3v) is 4.58. The Balaban J connectivity index is 2.80. The molecule has 1 aliphatic carbocycles. The maximum Gasteiger partial charge on any atom is 0.337 e. The molecule has 1 aliphatic rings. The lowest BCUT2D eigenvalue weighted by atomic mass is 9.76. The monoisotopic (exact) mass is 294 g/mol. The predicted molar refractivity (Wildman–Crippen MR) is 83.9 cm³/mol. The molecule has 0 heterocycles. The predicted octanol–water partition coefficient (Wildman–Crippen LogP) is 3.68. The van der Waals surface area contributed by atoms with Crippen LogP contribution in [0.5, 0.6) is 0 Å². The molecule has 0 aromatic carbocycles. The number of hydrogen-bond donors (Lipinski definition) is 1. The van der Waals surface area contributed by atoms with Crippen LogP contribution in [0.15, 0.2) is 11.3 Å². The Bertz CT molecular complexity index is 449. The van der Waals surface area contributed by atoms with Gasteiger partial charge in [0.15, 0.2) is 0 Å². The number of esters is 1. The second-order valence-electron chi connectivity index (χ2n) is 6.56. The van der Waals surface area contributed by atoms with Gasteiger partial charge >= 0.3 is 5.97 Å². The largest absolute Gasteiger partial charge is 0.512 e. The quantitative estimate of drug-likeness (QED) is 0.491. The van der Waals surface area contributed by atoms with Crippen molar-refractivity contribution >= 4 is 14.0 Å². The maximum atomic E-state index is 11.9. The molecule has 3 nitrogen and oxygen atoms in total. The van der Waals surface area contributed by atoms with Crippen molar-refractivity contribution in [2.45, 2.75) is 52.2 Å². The first-order valence-corrected chi connectivity index (χ1v) is 10.8. The average molecular weight is 294 g/mol. The minimum absolute atomic E-state index is 0.0622. The minimum atomic E-state index is -1.33. The molecule has 0 amide bonds. The van der Waals surface area contributed by atoms with E-state index < -0.39 is 14.0 Å². The zero-order valence-corrected chi connectivity index (χ0v) is 14.2. The van der Waals surface area contributed by atoms with E-state index in [2.05, 4.69) is 38.0 Å². The SMILES string of the molecule is COC(=O)C1=C(O)CC[C@H](C)C1CCC#C[Si](C)(C)C. The van der Waals surface area contributed by atoms with E-state index in [1.165, 1.54) is 7.11 Å². The summed E-state index contributed by atoms with van der Waals surface area (Å²) in [6, 6.07) is 0. The van der Waals surface area contributed by atoms with Gasteiger partial charge in [0.1, 0.15) is 13.8 Å². The van der Waals surface area contributed by atoms with Crippen molar-refractivity contribution in [1.29, 1.82) is 0 Å². The van der Waals surface area contributed by atoms with Crippen LogP contribution in [0.1, 0.15) is 32.6 Å². The summed E-state index contributed by atoms with van der Waals surface area (Å²) in [6.45, 7) is 8.78. The number of methoxy groups -OCH3 is 1. The number of allylic oxidation sites excluding steroid dienone is 1. The van der Waals surface area contributed by atoms with E-state index in [-0.39, 0.29) is 11.7 Å². The number of aliphatic hydroxyl groups excluding tert-OH is 1. The van der Waals surface area contributed by atoms with E-state index >= 15 is 0 Å². The molecule has 4 heteroatoms. The first-order chi connectivity index (χ1) is 9.26. The van der Waals surface area contributed by atoms with E-state index in [9.17, 15) is 9.90 Å². The van der Waals surface area contributed by atoms with Gasteiger partial charge in [0, 0.05) is 12.8 Å². The molecule has 0 bridgehead atoms. The van der Waals surface area contributed by atoms with Crippen LogP contribution in [0.4, 0.5) is 0 Å². The second kappa shape index (κ2) is 6.99. The van der Waals surface area contributed by atoms with E-state index in [1.807, 2.05) is 0 Å². The third kappa shape index (κ3) is 4.72. The molecule has 1 rings (SSSR count). The highest BCUT2D eigenvalue weighted by Gasteiger charge is 2.33. The van der Waals surface area contributed by atoms with Crippen LogP contribution in [0.3, 0.4) is 0 Å². The van der Waals surface area contributed by atoms with Gasteiger partial charge in [-0.2, -0.15) is 0 Å². The lowest BCUT2D eigenvalue weighted by molar-refractivity contribution is -0.137. The summed E-state index contributed by atoms with van der Waals surface area (Å²) in [6.07, 6.45) is 3.07. The van der Waals surface area contributed by atoms with Crippen molar-refractivity contribution in [3.8, 4) is 11.5 Å². The van der Waals surface area contributed by atoms with Crippen molar-refractivity contribution in [2.75, 3.05) is 7.11 Å². The fourth-order valence-electron chi connectivity index (χ4n) is 2.56. The molecule has 0 saturated carbocycles. The summed E-state index contributed by atoms with van der Waals surface area (Å²) in [5.74, 6) is 3.50. The van der Waals surface area contributed by atoms with Gasteiger partial charge in [0.05, 0.1) is 12.7 Å². The summed E-state index contributed by atoms with van der Waals surface area (Å²) in [5, 5.41) is 9.99. The van der Waals surface area contributed by atoms with Crippen molar-refractivity contribution < 1.29 is 14.6 Å². The van der Waals surface area contributed by atoms with Crippen molar-refractivity contribution in [1.82, 2.24) is 0 Å². The molecule has 112 valence electrons. The molecule has 0 aromatic heterocycles. The summed E-state index contributed by atoms with van der Waals surface area (Å²) >= 11 is 0. The molecular formula is C16H26O3Si. The fraction of sp³-hybridized carbons (Fsp3) is 0.688. The normalized spacial score (nSPS) is 23.1. The topological polar surface area (TPSA) is 46.5 Å². The van der Waals surface area contributed by atoms with E-state index in [1.54, 1.807) is 0 Å². The van der Waals surface area contributed by atoms with Gasteiger partial charge in [-0.05, 0) is 24.7 Å². The van der Waals surface area contributed by atoms with E-state index in [0.29, 0.717) is 17.9 Å². The lowest BCUT2D eigenvalue weighted by Gasteiger charge is -2.30. The Hall–Kier alpha value is -1.21. The average Bonchev–Trinajstić information content (AvgIpc) is 2.36. The fourth-order valence-corrected chi connectivity index (χ4v) is 3.22. The van der Waals surface area contributed by atoms with Crippen molar-refractivity contribution in [3.05, 3.63) is 11.3 Å². The molecule has 2 atom stereocenters. The van der Waals surface area contributed by atoms with Gasteiger partial charge in [-0.25, -0.2) is 4.79 Å².